The standard InChI is InChI=1S/C20H20ClFN6O3/c1-27-8-13-12(18(27)19(29)24-11-3-5-15(22)14(21)7-11)4-6-16(13)25-20(30)31-9-17-23-10-28(2)26-17/h3,5,7-8,10,16H,4,6,9H2,1-2H3,(H,24,29)(H,25,30). The molecule has 1 aromatic carbocycles. The van der Waals surface area contributed by atoms with Crippen LogP contribution in [0.2, 0.25) is 5.02 Å². The maximum Gasteiger partial charge on any atom is 0.408 e. The van der Waals surface area contributed by atoms with E-state index in [1.54, 1.807) is 18.7 Å². The van der Waals surface area contributed by atoms with Gasteiger partial charge in [-0.3, -0.25) is 9.48 Å². The number of halogens is 2. The minimum atomic E-state index is -0.582. The minimum absolute atomic E-state index is 0.0328. The smallest absolute Gasteiger partial charge is 0.408 e. The lowest BCUT2D eigenvalue weighted by atomic mass is 10.1. The molecule has 11 heteroatoms. The fraction of sp³-hybridized carbons (Fsp3) is 0.300. The van der Waals surface area contributed by atoms with Gasteiger partial charge in [-0.15, -0.1) is 0 Å². The first-order valence-corrected chi connectivity index (χ1v) is 9.92. The highest BCUT2D eigenvalue weighted by Crippen LogP contribution is 2.35. The van der Waals surface area contributed by atoms with Gasteiger partial charge in [0.1, 0.15) is 17.8 Å². The predicted molar refractivity (Wildman–Crippen MR) is 110 cm³/mol. The van der Waals surface area contributed by atoms with Crippen molar-refractivity contribution >= 4 is 29.3 Å². The Morgan fingerprint density at radius 1 is 1.35 bits per heavy atom. The zero-order chi connectivity index (χ0) is 22.1. The lowest BCUT2D eigenvalue weighted by Crippen LogP contribution is -2.27. The van der Waals surface area contributed by atoms with Gasteiger partial charge in [-0.05, 0) is 42.2 Å². The van der Waals surface area contributed by atoms with Gasteiger partial charge in [0, 0.05) is 26.0 Å². The van der Waals surface area contributed by atoms with Crippen molar-refractivity contribution in [3.8, 4) is 0 Å². The van der Waals surface area contributed by atoms with Crippen LogP contribution in [-0.2, 0) is 31.9 Å². The van der Waals surface area contributed by atoms with Gasteiger partial charge in [0.2, 0.25) is 0 Å². The average Bonchev–Trinajstić information content (AvgIpc) is 3.39. The highest BCUT2D eigenvalue weighted by atomic mass is 35.5. The first-order valence-electron chi connectivity index (χ1n) is 9.54. The molecular weight excluding hydrogens is 427 g/mol. The van der Waals surface area contributed by atoms with Gasteiger partial charge in [0.05, 0.1) is 11.1 Å². The number of hydrogen-bond donors (Lipinski definition) is 2. The van der Waals surface area contributed by atoms with Crippen molar-refractivity contribution in [2.24, 2.45) is 14.1 Å². The lowest BCUT2D eigenvalue weighted by molar-refractivity contribution is 0.101. The van der Waals surface area contributed by atoms with Crippen LogP contribution in [0, 0.1) is 5.82 Å². The van der Waals surface area contributed by atoms with Gasteiger partial charge in [-0.1, -0.05) is 11.6 Å². The number of anilines is 1. The number of nitrogens with one attached hydrogen (secondary N) is 2. The Bertz CT molecular complexity index is 1160. The van der Waals surface area contributed by atoms with Gasteiger partial charge in [-0.2, -0.15) is 5.10 Å². The Morgan fingerprint density at radius 2 is 2.16 bits per heavy atom. The topological polar surface area (TPSA) is 103 Å². The number of aromatic nitrogens is 4. The Kier molecular flexibility index (Phi) is 5.64. The average molecular weight is 447 g/mol. The van der Waals surface area contributed by atoms with Crippen molar-refractivity contribution in [3.63, 3.8) is 0 Å². The molecule has 3 aromatic rings. The largest absolute Gasteiger partial charge is 0.441 e. The van der Waals surface area contributed by atoms with E-state index in [0.29, 0.717) is 30.0 Å². The molecule has 2 heterocycles. The van der Waals surface area contributed by atoms with Crippen LogP contribution in [0.25, 0.3) is 0 Å². The van der Waals surface area contributed by atoms with E-state index in [2.05, 4.69) is 20.7 Å². The Balaban J connectivity index is 1.43. The molecule has 1 aliphatic rings. The number of nitrogens with zero attached hydrogens (tertiary/aromatic N) is 4. The fourth-order valence-electron chi connectivity index (χ4n) is 3.68. The highest BCUT2D eigenvalue weighted by Gasteiger charge is 2.31. The molecule has 1 aliphatic carbocycles. The third-order valence-electron chi connectivity index (χ3n) is 5.04. The van der Waals surface area contributed by atoms with Crippen LogP contribution in [0.5, 0.6) is 0 Å². The summed E-state index contributed by atoms with van der Waals surface area (Å²) in [6.45, 7) is -0.0328. The van der Waals surface area contributed by atoms with Crippen molar-refractivity contribution in [2.45, 2.75) is 25.5 Å². The number of amides is 2. The molecule has 2 N–H and O–H groups in total. The first kappa shape index (κ1) is 20.9. The quantitative estimate of drug-likeness (QED) is 0.626. The molecule has 2 amide bonds. The fourth-order valence-corrected chi connectivity index (χ4v) is 3.86. The van der Waals surface area contributed by atoms with E-state index in [4.69, 9.17) is 16.3 Å². The summed E-state index contributed by atoms with van der Waals surface area (Å²) >= 11 is 5.79. The third-order valence-corrected chi connectivity index (χ3v) is 5.33. The monoisotopic (exact) mass is 446 g/mol. The van der Waals surface area contributed by atoms with Crippen LogP contribution in [-0.4, -0.2) is 31.3 Å². The second-order valence-electron chi connectivity index (χ2n) is 7.25. The zero-order valence-corrected chi connectivity index (χ0v) is 17.6. The molecule has 2 aromatic heterocycles. The number of carbonyl (C=O) groups is 2. The van der Waals surface area contributed by atoms with E-state index in [0.717, 1.165) is 11.1 Å². The van der Waals surface area contributed by atoms with Gasteiger partial charge < -0.3 is 19.9 Å². The second kappa shape index (κ2) is 8.38. The maximum absolute atomic E-state index is 13.4. The van der Waals surface area contributed by atoms with Gasteiger partial charge in [0.15, 0.2) is 12.4 Å². The van der Waals surface area contributed by atoms with Crippen LogP contribution in [0.1, 0.15) is 39.9 Å². The Morgan fingerprint density at radius 3 is 2.87 bits per heavy atom. The van der Waals surface area contributed by atoms with Crippen molar-refractivity contribution in [3.05, 3.63) is 64.2 Å². The van der Waals surface area contributed by atoms with Crippen molar-refractivity contribution in [1.82, 2.24) is 24.6 Å². The maximum atomic E-state index is 13.4. The van der Waals surface area contributed by atoms with Gasteiger partial charge in [-0.25, -0.2) is 14.2 Å². The molecule has 31 heavy (non-hydrogen) atoms. The number of carbonyl (C=O) groups excluding carboxylic acids is 2. The molecule has 1 atom stereocenters. The first-order chi connectivity index (χ1) is 14.8. The van der Waals surface area contributed by atoms with Crippen LogP contribution >= 0.6 is 11.6 Å². The number of fused-ring (bicyclic) bond motifs is 1. The van der Waals surface area contributed by atoms with Crippen molar-refractivity contribution < 1.29 is 18.7 Å². The molecule has 4 rings (SSSR count). The molecule has 9 nitrogen and oxygen atoms in total. The highest BCUT2D eigenvalue weighted by molar-refractivity contribution is 6.31. The van der Waals surface area contributed by atoms with Crippen LogP contribution < -0.4 is 10.6 Å². The number of aryl methyl sites for hydroxylation is 2. The second-order valence-corrected chi connectivity index (χ2v) is 7.66. The Labute approximate surface area is 182 Å². The summed E-state index contributed by atoms with van der Waals surface area (Å²) in [5.41, 5.74) is 2.58. The van der Waals surface area contributed by atoms with E-state index < -0.39 is 11.9 Å². The molecule has 0 fully saturated rings. The van der Waals surface area contributed by atoms with E-state index in [1.807, 2.05) is 6.20 Å². The van der Waals surface area contributed by atoms with Crippen molar-refractivity contribution in [2.75, 3.05) is 5.32 Å². The lowest BCUT2D eigenvalue weighted by Gasteiger charge is -2.12. The molecule has 0 spiro atoms. The number of hydrogen-bond acceptors (Lipinski definition) is 5. The third kappa shape index (κ3) is 4.38. The number of alkyl carbamates (subject to hydrolysis) is 1. The van der Waals surface area contributed by atoms with Gasteiger partial charge in [0.25, 0.3) is 5.91 Å². The minimum Gasteiger partial charge on any atom is -0.441 e. The summed E-state index contributed by atoms with van der Waals surface area (Å²) in [6, 6.07) is 3.72. The SMILES string of the molecule is Cn1cnc(COC(=O)NC2CCc3c2cn(C)c3C(=O)Nc2ccc(F)c(Cl)c2)n1. The van der Waals surface area contributed by atoms with Crippen molar-refractivity contribution in [1.29, 1.82) is 0 Å². The number of benzene rings is 1. The van der Waals surface area contributed by atoms with Crippen LogP contribution in [0.3, 0.4) is 0 Å². The molecule has 0 bridgehead atoms. The summed E-state index contributed by atoms with van der Waals surface area (Å²) in [7, 11) is 3.48. The molecule has 0 saturated carbocycles. The van der Waals surface area contributed by atoms with E-state index in [1.165, 1.54) is 29.2 Å². The Hall–Kier alpha value is -3.40. The van der Waals surface area contributed by atoms with E-state index in [-0.39, 0.29) is 23.6 Å². The molecular formula is C20H20ClFN6O3. The summed E-state index contributed by atoms with van der Waals surface area (Å²) < 4.78 is 21.8. The number of ether oxygens (including phenoxy) is 1. The summed E-state index contributed by atoms with van der Waals surface area (Å²) in [5, 5.41) is 9.55. The van der Waals surface area contributed by atoms with Crippen LogP contribution in [0.15, 0.2) is 30.7 Å². The molecule has 1 unspecified atom stereocenters. The molecule has 0 radical (unpaired) electrons. The van der Waals surface area contributed by atoms with Crippen LogP contribution in [0.4, 0.5) is 14.9 Å². The molecule has 0 saturated heterocycles. The normalized spacial score (nSPS) is 14.9. The summed E-state index contributed by atoms with van der Waals surface area (Å²) in [6.07, 6.45) is 4.03. The molecule has 0 aliphatic heterocycles. The van der Waals surface area contributed by atoms with E-state index >= 15 is 0 Å². The molecule has 162 valence electrons. The number of rotatable bonds is 5. The zero-order valence-electron chi connectivity index (χ0n) is 16.9. The summed E-state index contributed by atoms with van der Waals surface area (Å²) in [5.74, 6) is -0.487. The predicted octanol–water partition coefficient (Wildman–Crippen LogP) is 3.11. The summed E-state index contributed by atoms with van der Waals surface area (Å²) in [4.78, 5) is 29.0. The van der Waals surface area contributed by atoms with Gasteiger partial charge >= 0.3 is 6.09 Å². The van der Waals surface area contributed by atoms with E-state index in [9.17, 15) is 14.0 Å².